The summed E-state index contributed by atoms with van der Waals surface area (Å²) in [4.78, 5) is 16.1. The maximum absolute atomic E-state index is 12.3. The van der Waals surface area contributed by atoms with Crippen molar-refractivity contribution in [3.63, 3.8) is 0 Å². The number of nitrogens with one attached hydrogen (secondary N) is 1. The summed E-state index contributed by atoms with van der Waals surface area (Å²) in [5, 5.41) is 20.7. The fourth-order valence-corrected chi connectivity index (χ4v) is 4.74. The summed E-state index contributed by atoms with van der Waals surface area (Å²) in [5.41, 5.74) is 0.304. The molecule has 0 radical (unpaired) electrons. The van der Waals surface area contributed by atoms with E-state index in [-0.39, 0.29) is 33.3 Å². The van der Waals surface area contributed by atoms with E-state index in [1.54, 1.807) is 26.0 Å². The van der Waals surface area contributed by atoms with Gasteiger partial charge < -0.3 is 5.11 Å². The maximum atomic E-state index is 12.3. The summed E-state index contributed by atoms with van der Waals surface area (Å²) in [6, 6.07) is 6.27. The van der Waals surface area contributed by atoms with Crippen molar-refractivity contribution in [2.24, 2.45) is 5.92 Å². The maximum Gasteiger partial charge on any atom is 0.268 e. The summed E-state index contributed by atoms with van der Waals surface area (Å²) in [6.45, 7) is 3.52. The quantitative estimate of drug-likeness (QED) is 0.489. The first-order valence-electron chi connectivity index (χ1n) is 7.60. The van der Waals surface area contributed by atoms with E-state index in [2.05, 4.69) is 30.6 Å². The summed E-state index contributed by atoms with van der Waals surface area (Å²) in [5.74, 6) is -0.907. The molecule has 2 aromatic rings. The highest BCUT2D eigenvalue weighted by molar-refractivity contribution is 9.10. The molecule has 0 aliphatic carbocycles. The smallest absolute Gasteiger partial charge is 0.268 e. The molecule has 0 saturated heterocycles. The average Bonchev–Trinajstić information content (AvgIpc) is 3.04. The Kier molecular flexibility index (Phi) is 6.69. The van der Waals surface area contributed by atoms with Crippen molar-refractivity contribution < 1.29 is 18.3 Å². The van der Waals surface area contributed by atoms with Crippen LogP contribution in [0, 0.1) is 17.2 Å². The van der Waals surface area contributed by atoms with Gasteiger partial charge >= 0.3 is 0 Å². The molecule has 0 saturated carbocycles. The Morgan fingerprint density at radius 1 is 1.48 bits per heavy atom. The van der Waals surface area contributed by atoms with Crippen molar-refractivity contribution in [3.8, 4) is 11.8 Å². The minimum absolute atomic E-state index is 0.0182. The number of nitrogens with zero attached hydrogens (tertiary/aromatic N) is 3. The first-order chi connectivity index (χ1) is 12.6. The predicted molar refractivity (Wildman–Crippen MR) is 105 cm³/mol. The van der Waals surface area contributed by atoms with Gasteiger partial charge in [0.15, 0.2) is 0 Å². The van der Waals surface area contributed by atoms with E-state index >= 15 is 0 Å². The molecule has 1 aromatic heterocycles. The number of sulfone groups is 1. The highest BCUT2D eigenvalue weighted by atomic mass is 79.9. The molecule has 142 valence electrons. The van der Waals surface area contributed by atoms with Gasteiger partial charge in [0.2, 0.25) is 15.0 Å². The standard InChI is InChI=1S/C16H15BrN4O4S2/c1-9(2)8-27(24,25)16-20-15(26-21-16)19-14(23)11(7-18)5-10-3-4-13(22)12(17)6-10/h3-6,9,22H,8H2,1-2H3,(H,19,20,21,23). The van der Waals surface area contributed by atoms with Crippen LogP contribution in [0.4, 0.5) is 5.13 Å². The molecule has 2 rings (SSSR count). The van der Waals surface area contributed by atoms with Crippen molar-refractivity contribution >= 4 is 54.4 Å². The fraction of sp³-hybridized carbons (Fsp3) is 0.250. The van der Waals surface area contributed by atoms with Gasteiger partial charge in [-0.15, -0.1) is 0 Å². The third-order valence-electron chi connectivity index (χ3n) is 3.11. The Morgan fingerprint density at radius 3 is 2.78 bits per heavy atom. The normalized spacial score (nSPS) is 12.0. The Hall–Kier alpha value is -2.29. The van der Waals surface area contributed by atoms with Crippen LogP contribution < -0.4 is 5.32 Å². The van der Waals surface area contributed by atoms with Crippen LogP contribution in [-0.4, -0.2) is 34.5 Å². The Labute approximate surface area is 168 Å². The highest BCUT2D eigenvalue weighted by Gasteiger charge is 2.23. The van der Waals surface area contributed by atoms with Gasteiger partial charge in [0, 0.05) is 11.5 Å². The van der Waals surface area contributed by atoms with Crippen LogP contribution in [0.2, 0.25) is 0 Å². The predicted octanol–water partition coefficient (Wildman–Crippen LogP) is 2.98. The highest BCUT2D eigenvalue weighted by Crippen LogP contribution is 2.25. The molecule has 0 bridgehead atoms. The minimum Gasteiger partial charge on any atom is -0.507 e. The lowest BCUT2D eigenvalue weighted by atomic mass is 10.1. The topological polar surface area (TPSA) is 133 Å². The molecular formula is C16H15BrN4O4S2. The van der Waals surface area contributed by atoms with Gasteiger partial charge in [0.25, 0.3) is 11.1 Å². The van der Waals surface area contributed by atoms with Gasteiger partial charge in [-0.3, -0.25) is 10.1 Å². The lowest BCUT2D eigenvalue weighted by Gasteiger charge is -2.03. The minimum atomic E-state index is -3.63. The summed E-state index contributed by atoms with van der Waals surface area (Å²) < 4.78 is 28.4. The van der Waals surface area contributed by atoms with E-state index in [0.29, 0.717) is 10.0 Å². The van der Waals surface area contributed by atoms with Crippen LogP contribution in [-0.2, 0) is 14.6 Å². The molecule has 2 N–H and O–H groups in total. The number of aromatic hydroxyl groups is 1. The molecule has 0 unspecified atom stereocenters. The zero-order valence-electron chi connectivity index (χ0n) is 14.3. The Balaban J connectivity index is 2.19. The van der Waals surface area contributed by atoms with E-state index in [9.17, 15) is 23.6 Å². The van der Waals surface area contributed by atoms with Crippen LogP contribution in [0.25, 0.3) is 6.08 Å². The van der Waals surface area contributed by atoms with Crippen LogP contribution >= 0.6 is 27.5 Å². The van der Waals surface area contributed by atoms with Crippen LogP contribution in [0.3, 0.4) is 0 Å². The first kappa shape index (κ1) is 21.0. The van der Waals surface area contributed by atoms with Gasteiger partial charge in [0.1, 0.15) is 17.4 Å². The van der Waals surface area contributed by atoms with E-state index in [4.69, 9.17) is 0 Å². The van der Waals surface area contributed by atoms with E-state index in [0.717, 1.165) is 11.5 Å². The molecule has 0 aliphatic heterocycles. The molecule has 1 amide bonds. The molecule has 11 heteroatoms. The van der Waals surface area contributed by atoms with Crippen molar-refractivity contribution in [2.45, 2.75) is 19.0 Å². The zero-order chi connectivity index (χ0) is 20.2. The first-order valence-corrected chi connectivity index (χ1v) is 10.8. The molecule has 1 heterocycles. The second kappa shape index (κ2) is 8.60. The number of anilines is 1. The number of rotatable bonds is 6. The largest absolute Gasteiger partial charge is 0.507 e. The number of halogens is 1. The number of hydrogen-bond donors (Lipinski definition) is 2. The van der Waals surface area contributed by atoms with Gasteiger partial charge in [-0.05, 0) is 45.6 Å². The van der Waals surface area contributed by atoms with Crippen molar-refractivity contribution in [3.05, 3.63) is 33.8 Å². The number of carbonyl (C=O) groups is 1. The summed E-state index contributed by atoms with van der Waals surface area (Å²) >= 11 is 3.87. The van der Waals surface area contributed by atoms with E-state index in [1.807, 2.05) is 0 Å². The SMILES string of the molecule is CC(C)CS(=O)(=O)c1nsc(NC(=O)C(C#N)=Cc2ccc(O)c(Br)c2)n1. The van der Waals surface area contributed by atoms with Gasteiger partial charge in [-0.25, -0.2) is 8.42 Å². The fourth-order valence-electron chi connectivity index (χ4n) is 1.99. The molecule has 8 nitrogen and oxygen atoms in total. The number of phenols is 1. The van der Waals surface area contributed by atoms with Crippen molar-refractivity contribution in [1.82, 2.24) is 9.36 Å². The Bertz CT molecular complexity index is 1040. The lowest BCUT2D eigenvalue weighted by molar-refractivity contribution is -0.112. The molecule has 0 fully saturated rings. The summed E-state index contributed by atoms with van der Waals surface area (Å²) in [6.07, 6.45) is 1.33. The molecule has 1 aromatic carbocycles. The third-order valence-corrected chi connectivity index (χ3v) is 6.33. The van der Waals surface area contributed by atoms with Crippen LogP contribution in [0.5, 0.6) is 5.75 Å². The number of phenolic OH excluding ortho intramolecular Hbond substituents is 1. The Morgan fingerprint density at radius 2 is 2.19 bits per heavy atom. The number of hydrogen-bond acceptors (Lipinski definition) is 8. The van der Waals surface area contributed by atoms with Gasteiger partial charge in [-0.1, -0.05) is 19.9 Å². The number of aromatic nitrogens is 2. The summed E-state index contributed by atoms with van der Waals surface area (Å²) in [7, 11) is -3.63. The monoisotopic (exact) mass is 470 g/mol. The van der Waals surface area contributed by atoms with Crippen LogP contribution in [0.1, 0.15) is 19.4 Å². The van der Waals surface area contributed by atoms with Gasteiger partial charge in [0.05, 0.1) is 10.2 Å². The second-order valence-corrected chi connectivity index (χ2v) is 9.43. The number of amides is 1. The number of nitriles is 1. The molecule has 0 atom stereocenters. The van der Waals surface area contributed by atoms with Crippen molar-refractivity contribution in [1.29, 1.82) is 5.26 Å². The average molecular weight is 471 g/mol. The molecule has 27 heavy (non-hydrogen) atoms. The molecule has 0 spiro atoms. The van der Waals surface area contributed by atoms with Crippen LogP contribution in [0.15, 0.2) is 33.4 Å². The van der Waals surface area contributed by atoms with Crippen molar-refractivity contribution in [2.75, 3.05) is 11.1 Å². The van der Waals surface area contributed by atoms with E-state index < -0.39 is 15.7 Å². The number of benzene rings is 1. The van der Waals surface area contributed by atoms with Gasteiger partial charge in [-0.2, -0.15) is 14.6 Å². The third kappa shape index (κ3) is 5.59. The number of carbonyl (C=O) groups excluding carboxylic acids is 1. The van der Waals surface area contributed by atoms with E-state index in [1.165, 1.54) is 18.2 Å². The molecular weight excluding hydrogens is 456 g/mol. The molecule has 0 aliphatic rings. The second-order valence-electron chi connectivity index (χ2n) is 5.89. The zero-order valence-corrected chi connectivity index (χ0v) is 17.5. The lowest BCUT2D eigenvalue weighted by Crippen LogP contribution is -2.15.